The van der Waals surface area contributed by atoms with Gasteiger partial charge in [-0.3, -0.25) is 4.90 Å². The van der Waals surface area contributed by atoms with Gasteiger partial charge in [-0.1, -0.05) is 0 Å². The van der Waals surface area contributed by atoms with Crippen LogP contribution in [0.2, 0.25) is 0 Å². The quantitative estimate of drug-likeness (QED) is 0.870. The number of nitrogens with zero attached hydrogens (tertiary/aromatic N) is 1. The molecule has 0 saturated carbocycles. The third-order valence-electron chi connectivity index (χ3n) is 3.87. The van der Waals surface area contributed by atoms with Gasteiger partial charge < -0.3 is 10.1 Å². The van der Waals surface area contributed by atoms with E-state index in [0.29, 0.717) is 0 Å². The number of nitrogens with one attached hydrogen (secondary N) is 1. The molecule has 1 aliphatic heterocycles. The molecule has 0 aliphatic carbocycles. The van der Waals surface area contributed by atoms with Gasteiger partial charge in [0, 0.05) is 36.6 Å². The Morgan fingerprint density at radius 1 is 1.27 bits per heavy atom. The van der Waals surface area contributed by atoms with Gasteiger partial charge in [0.1, 0.15) is 11.6 Å². The molecule has 0 spiro atoms. The minimum atomic E-state index is -0.230. The first-order valence-electron chi connectivity index (χ1n) is 7.22. The minimum Gasteiger partial charge on any atom is -0.496 e. The molecule has 118 valence electrons. The molecule has 3 rings (SSSR count). The van der Waals surface area contributed by atoms with Crippen molar-refractivity contribution in [3.63, 3.8) is 0 Å². The third-order valence-corrected chi connectivity index (χ3v) is 5.54. The van der Waals surface area contributed by atoms with Crippen LogP contribution in [0.4, 0.5) is 4.39 Å². The second kappa shape index (κ2) is 7.08. The average Bonchev–Trinajstić information content (AvgIpc) is 2.95. The average molecular weight is 385 g/mol. The number of thiophene rings is 1. The molecule has 1 saturated heterocycles. The summed E-state index contributed by atoms with van der Waals surface area (Å²) in [5.41, 5.74) is 0.888. The highest BCUT2D eigenvalue weighted by Gasteiger charge is 2.28. The Labute approximate surface area is 142 Å². The third kappa shape index (κ3) is 3.35. The number of piperazine rings is 1. The first kappa shape index (κ1) is 15.9. The van der Waals surface area contributed by atoms with Crippen LogP contribution >= 0.6 is 27.3 Å². The van der Waals surface area contributed by atoms with E-state index in [0.717, 1.165) is 41.3 Å². The lowest BCUT2D eigenvalue weighted by Gasteiger charge is -2.35. The van der Waals surface area contributed by atoms with Gasteiger partial charge in [0.15, 0.2) is 0 Å². The largest absolute Gasteiger partial charge is 0.496 e. The highest BCUT2D eigenvalue weighted by molar-refractivity contribution is 9.11. The lowest BCUT2D eigenvalue weighted by molar-refractivity contribution is 0.197. The maximum Gasteiger partial charge on any atom is 0.124 e. The van der Waals surface area contributed by atoms with Crippen molar-refractivity contribution in [2.45, 2.75) is 6.04 Å². The normalized spacial score (nSPS) is 17.4. The smallest absolute Gasteiger partial charge is 0.124 e. The molecule has 22 heavy (non-hydrogen) atoms. The van der Waals surface area contributed by atoms with Crippen LogP contribution in [0.5, 0.6) is 5.75 Å². The van der Waals surface area contributed by atoms with Gasteiger partial charge in [0.25, 0.3) is 0 Å². The van der Waals surface area contributed by atoms with E-state index >= 15 is 0 Å². The second-order valence-corrected chi connectivity index (χ2v) is 7.71. The Bertz CT molecular complexity index is 643. The molecule has 1 aliphatic rings. The van der Waals surface area contributed by atoms with E-state index in [-0.39, 0.29) is 11.9 Å². The fourth-order valence-corrected chi connectivity index (χ4v) is 4.44. The number of benzene rings is 1. The fraction of sp³-hybridized carbons (Fsp3) is 0.375. The van der Waals surface area contributed by atoms with Crippen LogP contribution in [0.3, 0.4) is 0 Å². The molecule has 1 atom stereocenters. The first-order valence-corrected chi connectivity index (χ1v) is 8.83. The fourth-order valence-electron chi connectivity index (χ4n) is 2.86. The van der Waals surface area contributed by atoms with Crippen molar-refractivity contribution >= 4 is 27.3 Å². The number of hydrogen-bond donors (Lipinski definition) is 1. The summed E-state index contributed by atoms with van der Waals surface area (Å²) < 4.78 is 20.4. The van der Waals surface area contributed by atoms with Crippen molar-refractivity contribution in [1.29, 1.82) is 0 Å². The zero-order valence-corrected chi connectivity index (χ0v) is 14.7. The van der Waals surface area contributed by atoms with Gasteiger partial charge >= 0.3 is 0 Å². The van der Waals surface area contributed by atoms with Crippen LogP contribution in [-0.2, 0) is 0 Å². The predicted molar refractivity (Wildman–Crippen MR) is 91.3 cm³/mol. The molecular weight excluding hydrogens is 367 g/mol. The molecule has 1 aromatic heterocycles. The zero-order valence-electron chi connectivity index (χ0n) is 12.3. The van der Waals surface area contributed by atoms with Crippen molar-refractivity contribution in [3.05, 3.63) is 50.4 Å². The summed E-state index contributed by atoms with van der Waals surface area (Å²) in [6.45, 7) is 3.75. The summed E-state index contributed by atoms with van der Waals surface area (Å²) in [5.74, 6) is 0.501. The highest BCUT2D eigenvalue weighted by atomic mass is 79.9. The summed E-state index contributed by atoms with van der Waals surface area (Å²) in [4.78, 5) is 3.57. The van der Waals surface area contributed by atoms with Crippen LogP contribution in [0.15, 0.2) is 34.1 Å². The molecule has 1 aromatic carbocycles. The van der Waals surface area contributed by atoms with Crippen LogP contribution in [0, 0.1) is 5.82 Å². The van der Waals surface area contributed by atoms with Crippen molar-refractivity contribution in [2.75, 3.05) is 33.3 Å². The van der Waals surface area contributed by atoms with Crippen molar-refractivity contribution in [1.82, 2.24) is 10.2 Å². The van der Waals surface area contributed by atoms with E-state index < -0.39 is 0 Å². The Balaban J connectivity index is 2.06. The standard InChI is InChI=1S/C16H18BrFN2OS/c1-21-13-3-2-11(18)10-12(13)16(14-4-5-15(17)22-14)20-8-6-19-7-9-20/h2-5,10,16,19H,6-9H2,1H3. The molecule has 2 aromatic rings. The molecule has 3 nitrogen and oxygen atoms in total. The second-order valence-electron chi connectivity index (χ2n) is 5.22. The van der Waals surface area contributed by atoms with E-state index in [1.54, 1.807) is 30.6 Å². The van der Waals surface area contributed by atoms with E-state index in [9.17, 15) is 4.39 Å². The lowest BCUT2D eigenvalue weighted by Crippen LogP contribution is -2.45. The van der Waals surface area contributed by atoms with Gasteiger partial charge in [-0.15, -0.1) is 11.3 Å². The zero-order chi connectivity index (χ0) is 15.5. The van der Waals surface area contributed by atoms with Crippen LogP contribution in [0.25, 0.3) is 0 Å². The number of rotatable bonds is 4. The van der Waals surface area contributed by atoms with E-state index in [4.69, 9.17) is 4.74 Å². The summed E-state index contributed by atoms with van der Waals surface area (Å²) in [7, 11) is 1.63. The molecule has 0 amide bonds. The monoisotopic (exact) mass is 384 g/mol. The Hall–Kier alpha value is -0.950. The summed E-state index contributed by atoms with van der Waals surface area (Å²) in [5, 5.41) is 3.36. The number of hydrogen-bond acceptors (Lipinski definition) is 4. The van der Waals surface area contributed by atoms with Gasteiger partial charge in [-0.25, -0.2) is 4.39 Å². The topological polar surface area (TPSA) is 24.5 Å². The molecule has 6 heteroatoms. The number of ether oxygens (including phenoxy) is 1. The van der Waals surface area contributed by atoms with Crippen molar-refractivity contribution in [2.24, 2.45) is 0 Å². The maximum absolute atomic E-state index is 13.8. The number of methoxy groups -OCH3 is 1. The van der Waals surface area contributed by atoms with Gasteiger partial charge in [-0.05, 0) is 46.3 Å². The summed E-state index contributed by atoms with van der Waals surface area (Å²) in [6.07, 6.45) is 0. The van der Waals surface area contributed by atoms with Crippen LogP contribution < -0.4 is 10.1 Å². The van der Waals surface area contributed by atoms with Gasteiger partial charge in [0.2, 0.25) is 0 Å². The Kier molecular flexibility index (Phi) is 5.13. The highest BCUT2D eigenvalue weighted by Crippen LogP contribution is 2.39. The molecule has 1 unspecified atom stereocenters. The van der Waals surface area contributed by atoms with Gasteiger partial charge in [-0.2, -0.15) is 0 Å². The minimum absolute atomic E-state index is 0.0176. The molecule has 1 fully saturated rings. The molecule has 0 bridgehead atoms. The van der Waals surface area contributed by atoms with Crippen molar-refractivity contribution in [3.8, 4) is 5.75 Å². The molecule has 0 radical (unpaired) electrons. The van der Waals surface area contributed by atoms with Crippen molar-refractivity contribution < 1.29 is 9.13 Å². The summed E-state index contributed by atoms with van der Waals surface area (Å²) in [6, 6.07) is 8.92. The maximum atomic E-state index is 13.8. The Morgan fingerprint density at radius 2 is 2.05 bits per heavy atom. The van der Waals surface area contributed by atoms with E-state index in [2.05, 4.69) is 32.2 Å². The lowest BCUT2D eigenvalue weighted by atomic mass is 10.0. The van der Waals surface area contributed by atoms with Crippen LogP contribution in [0.1, 0.15) is 16.5 Å². The van der Waals surface area contributed by atoms with Gasteiger partial charge in [0.05, 0.1) is 16.9 Å². The van der Waals surface area contributed by atoms with E-state index in [1.807, 2.05) is 6.07 Å². The molecular formula is C16H18BrFN2OS. The molecule has 2 heterocycles. The first-order chi connectivity index (χ1) is 10.7. The molecule has 1 N–H and O–H groups in total. The summed E-state index contributed by atoms with van der Waals surface area (Å²) >= 11 is 5.22. The van der Waals surface area contributed by atoms with Crippen LogP contribution in [-0.4, -0.2) is 38.2 Å². The predicted octanol–water partition coefficient (Wildman–Crippen LogP) is 3.65. The van der Waals surface area contributed by atoms with E-state index in [1.165, 1.54) is 10.9 Å². The SMILES string of the molecule is COc1ccc(F)cc1C(c1ccc(Br)s1)N1CCNCC1. The Morgan fingerprint density at radius 3 is 2.68 bits per heavy atom. The number of halogens is 2.